The molecule has 1 aromatic heterocycles. The van der Waals surface area contributed by atoms with Gasteiger partial charge in [-0.1, -0.05) is 18.2 Å². The van der Waals surface area contributed by atoms with E-state index in [2.05, 4.69) is 5.32 Å². The van der Waals surface area contributed by atoms with Crippen LogP contribution in [0, 0.1) is 0 Å². The van der Waals surface area contributed by atoms with Crippen LogP contribution in [0.15, 0.2) is 34.7 Å². The number of furan rings is 1. The molecule has 2 N–H and O–H groups in total. The van der Waals surface area contributed by atoms with Gasteiger partial charge in [-0.15, -0.1) is 0 Å². The van der Waals surface area contributed by atoms with Crippen LogP contribution in [0.1, 0.15) is 31.4 Å². The molecule has 0 bridgehead atoms. The molecule has 5 nitrogen and oxygen atoms in total. The summed E-state index contributed by atoms with van der Waals surface area (Å²) in [7, 11) is 0. The van der Waals surface area contributed by atoms with Crippen molar-refractivity contribution in [2.75, 3.05) is 13.2 Å². The van der Waals surface area contributed by atoms with Gasteiger partial charge >= 0.3 is 6.03 Å². The molecule has 5 heteroatoms. The predicted octanol–water partition coefficient (Wildman–Crippen LogP) is 2.88. The zero-order chi connectivity index (χ0) is 15.4. The standard InChI is InChI=1S/C17H22N2O3/c20-10-8-14-6-3-4-9-19(14)17(21)18-12-15-11-13-5-1-2-7-16(13)22-15/h1-2,5,7,11,14,20H,3-4,6,8-10,12H2,(H,18,21). The summed E-state index contributed by atoms with van der Waals surface area (Å²) in [6.07, 6.45) is 3.77. The monoisotopic (exact) mass is 302 g/mol. The van der Waals surface area contributed by atoms with Gasteiger partial charge in [0.15, 0.2) is 0 Å². The molecule has 0 aliphatic carbocycles. The third kappa shape index (κ3) is 3.25. The smallest absolute Gasteiger partial charge is 0.318 e. The van der Waals surface area contributed by atoms with Gasteiger partial charge in [0.2, 0.25) is 0 Å². The largest absolute Gasteiger partial charge is 0.459 e. The van der Waals surface area contributed by atoms with Crippen LogP contribution in [-0.4, -0.2) is 35.2 Å². The number of aliphatic hydroxyl groups is 1. The summed E-state index contributed by atoms with van der Waals surface area (Å²) in [6.45, 7) is 1.27. The summed E-state index contributed by atoms with van der Waals surface area (Å²) in [4.78, 5) is 14.2. The fraction of sp³-hybridized carbons (Fsp3) is 0.471. The van der Waals surface area contributed by atoms with Crippen molar-refractivity contribution in [3.8, 4) is 0 Å². The minimum absolute atomic E-state index is 0.0707. The van der Waals surface area contributed by atoms with Crippen molar-refractivity contribution in [1.29, 1.82) is 0 Å². The number of aliphatic hydroxyl groups excluding tert-OH is 1. The normalized spacial score (nSPS) is 18.6. The maximum absolute atomic E-state index is 12.4. The first-order valence-corrected chi connectivity index (χ1v) is 7.90. The minimum Gasteiger partial charge on any atom is -0.459 e. The van der Waals surface area contributed by atoms with Crippen molar-refractivity contribution in [3.63, 3.8) is 0 Å². The van der Waals surface area contributed by atoms with E-state index in [0.717, 1.165) is 42.5 Å². The highest BCUT2D eigenvalue weighted by Crippen LogP contribution is 2.21. The van der Waals surface area contributed by atoms with Gasteiger partial charge in [-0.05, 0) is 37.8 Å². The van der Waals surface area contributed by atoms with Crippen LogP contribution in [0.25, 0.3) is 11.0 Å². The number of amides is 2. The van der Waals surface area contributed by atoms with Crippen LogP contribution >= 0.6 is 0 Å². The van der Waals surface area contributed by atoms with Gasteiger partial charge in [0, 0.05) is 24.6 Å². The van der Waals surface area contributed by atoms with Crippen molar-refractivity contribution in [2.24, 2.45) is 0 Å². The highest BCUT2D eigenvalue weighted by Gasteiger charge is 2.26. The molecule has 118 valence electrons. The molecule has 0 radical (unpaired) electrons. The second kappa shape index (κ2) is 6.83. The number of hydrogen-bond acceptors (Lipinski definition) is 3. The van der Waals surface area contributed by atoms with E-state index < -0.39 is 0 Å². The Labute approximate surface area is 129 Å². The Balaban J connectivity index is 1.61. The van der Waals surface area contributed by atoms with Crippen LogP contribution < -0.4 is 5.32 Å². The van der Waals surface area contributed by atoms with Crippen LogP contribution in [0.3, 0.4) is 0 Å². The molecule has 2 heterocycles. The number of urea groups is 1. The Morgan fingerprint density at radius 1 is 1.36 bits per heavy atom. The number of likely N-dealkylation sites (tertiary alicyclic amines) is 1. The van der Waals surface area contributed by atoms with E-state index in [-0.39, 0.29) is 18.7 Å². The Morgan fingerprint density at radius 2 is 2.23 bits per heavy atom. The number of fused-ring (bicyclic) bond motifs is 1. The quantitative estimate of drug-likeness (QED) is 0.912. The molecule has 1 saturated heterocycles. The van der Waals surface area contributed by atoms with Crippen LogP contribution in [0.4, 0.5) is 4.79 Å². The van der Waals surface area contributed by atoms with Crippen molar-refractivity contribution in [2.45, 2.75) is 38.3 Å². The zero-order valence-corrected chi connectivity index (χ0v) is 12.6. The van der Waals surface area contributed by atoms with E-state index in [1.54, 1.807) is 0 Å². The molecule has 1 unspecified atom stereocenters. The fourth-order valence-corrected chi connectivity index (χ4v) is 3.11. The number of carbonyl (C=O) groups excluding carboxylic acids is 1. The molecule has 0 saturated carbocycles. The number of benzene rings is 1. The van der Waals surface area contributed by atoms with Gasteiger partial charge in [-0.3, -0.25) is 0 Å². The van der Waals surface area contributed by atoms with Crippen molar-refractivity contribution in [3.05, 3.63) is 36.1 Å². The summed E-state index contributed by atoms with van der Waals surface area (Å²) < 4.78 is 5.71. The molecule has 1 fully saturated rings. The fourth-order valence-electron chi connectivity index (χ4n) is 3.11. The number of carbonyl (C=O) groups is 1. The molecule has 0 spiro atoms. The zero-order valence-electron chi connectivity index (χ0n) is 12.6. The van der Waals surface area contributed by atoms with E-state index >= 15 is 0 Å². The molecule has 3 rings (SSSR count). The number of nitrogens with one attached hydrogen (secondary N) is 1. The molecule has 2 aromatic rings. The lowest BCUT2D eigenvalue weighted by atomic mass is 10.0. The van der Waals surface area contributed by atoms with Gasteiger partial charge in [0.05, 0.1) is 6.54 Å². The lowest BCUT2D eigenvalue weighted by Crippen LogP contribution is -2.48. The van der Waals surface area contributed by atoms with Gasteiger partial charge in [0.25, 0.3) is 0 Å². The molecule has 1 atom stereocenters. The molecule has 1 aliphatic rings. The van der Waals surface area contributed by atoms with E-state index in [1.165, 1.54) is 0 Å². The summed E-state index contributed by atoms with van der Waals surface area (Å²) in [5.74, 6) is 0.755. The average Bonchev–Trinajstić information content (AvgIpc) is 2.96. The summed E-state index contributed by atoms with van der Waals surface area (Å²) >= 11 is 0. The Bertz CT molecular complexity index is 603. The summed E-state index contributed by atoms with van der Waals surface area (Å²) in [5, 5.41) is 13.1. The molecule has 22 heavy (non-hydrogen) atoms. The first-order chi connectivity index (χ1) is 10.8. The van der Waals surface area contributed by atoms with Crippen LogP contribution in [-0.2, 0) is 6.54 Å². The Morgan fingerprint density at radius 3 is 3.05 bits per heavy atom. The van der Waals surface area contributed by atoms with Gasteiger partial charge < -0.3 is 19.7 Å². The van der Waals surface area contributed by atoms with E-state index in [4.69, 9.17) is 9.52 Å². The van der Waals surface area contributed by atoms with Crippen LogP contribution in [0.5, 0.6) is 0 Å². The lowest BCUT2D eigenvalue weighted by Gasteiger charge is -2.35. The highest BCUT2D eigenvalue weighted by molar-refractivity contribution is 5.78. The molecule has 2 amide bonds. The predicted molar refractivity (Wildman–Crippen MR) is 84.5 cm³/mol. The topological polar surface area (TPSA) is 65.7 Å². The second-order valence-corrected chi connectivity index (χ2v) is 5.76. The Hall–Kier alpha value is -2.01. The molecular formula is C17H22N2O3. The molecular weight excluding hydrogens is 280 g/mol. The second-order valence-electron chi connectivity index (χ2n) is 5.76. The maximum atomic E-state index is 12.4. The number of rotatable bonds is 4. The first kappa shape index (κ1) is 14.9. The van der Waals surface area contributed by atoms with Crippen molar-refractivity contribution < 1.29 is 14.3 Å². The lowest BCUT2D eigenvalue weighted by molar-refractivity contribution is 0.131. The SMILES string of the molecule is O=C(NCc1cc2ccccc2o1)N1CCCCC1CCO. The minimum atomic E-state index is -0.0707. The van der Waals surface area contributed by atoms with Crippen LogP contribution in [0.2, 0.25) is 0 Å². The van der Waals surface area contributed by atoms with E-state index in [9.17, 15) is 4.79 Å². The third-order valence-corrected chi connectivity index (χ3v) is 4.24. The Kier molecular flexibility index (Phi) is 4.63. The molecule has 1 aliphatic heterocycles. The van der Waals surface area contributed by atoms with Crippen molar-refractivity contribution >= 4 is 17.0 Å². The number of para-hydroxylation sites is 1. The summed E-state index contributed by atoms with van der Waals surface area (Å²) in [5.41, 5.74) is 0.836. The van der Waals surface area contributed by atoms with E-state index in [1.807, 2.05) is 35.2 Å². The number of nitrogens with zero attached hydrogens (tertiary/aromatic N) is 1. The molecule has 1 aromatic carbocycles. The number of piperidine rings is 1. The average molecular weight is 302 g/mol. The highest BCUT2D eigenvalue weighted by atomic mass is 16.3. The van der Waals surface area contributed by atoms with Crippen molar-refractivity contribution in [1.82, 2.24) is 10.2 Å². The van der Waals surface area contributed by atoms with Gasteiger partial charge in [-0.2, -0.15) is 0 Å². The van der Waals surface area contributed by atoms with Gasteiger partial charge in [-0.25, -0.2) is 4.79 Å². The first-order valence-electron chi connectivity index (χ1n) is 7.90. The van der Waals surface area contributed by atoms with E-state index in [0.29, 0.717) is 13.0 Å². The maximum Gasteiger partial charge on any atom is 0.318 e. The van der Waals surface area contributed by atoms with Gasteiger partial charge in [0.1, 0.15) is 11.3 Å². The summed E-state index contributed by atoms with van der Waals surface area (Å²) in [6, 6.07) is 9.84. The number of hydrogen-bond donors (Lipinski definition) is 2. The third-order valence-electron chi connectivity index (χ3n) is 4.24.